The van der Waals surface area contributed by atoms with Crippen molar-refractivity contribution in [2.75, 3.05) is 19.6 Å². The number of carbonyl (C=O) groups is 3. The van der Waals surface area contributed by atoms with Crippen LogP contribution in [0, 0.1) is 11.8 Å². The van der Waals surface area contributed by atoms with Gasteiger partial charge in [-0.1, -0.05) is 0 Å². The van der Waals surface area contributed by atoms with Gasteiger partial charge in [-0.3, -0.25) is 14.5 Å². The summed E-state index contributed by atoms with van der Waals surface area (Å²) in [4.78, 5) is 38.7. The van der Waals surface area contributed by atoms with Crippen molar-refractivity contribution >= 4 is 17.8 Å². The fourth-order valence-corrected chi connectivity index (χ4v) is 3.50. The fraction of sp³-hybridized carbons (Fsp3) is 0.800. The van der Waals surface area contributed by atoms with Gasteiger partial charge in [0.25, 0.3) is 5.91 Å². The normalized spacial score (nSPS) is 31.4. The van der Waals surface area contributed by atoms with Gasteiger partial charge in [-0.15, -0.1) is 0 Å². The molecular weight excluding hydrogens is 327 g/mol. The Morgan fingerprint density at radius 3 is 2.54 bits per heavy atom. The molecule has 3 aliphatic rings. The van der Waals surface area contributed by atoms with E-state index in [0.29, 0.717) is 0 Å². The maximum Gasteiger partial charge on any atom is 0.393 e. The van der Waals surface area contributed by atoms with Crippen LogP contribution in [-0.2, 0) is 9.59 Å². The molecule has 6 nitrogen and oxygen atoms in total. The van der Waals surface area contributed by atoms with Gasteiger partial charge in [-0.2, -0.15) is 13.2 Å². The van der Waals surface area contributed by atoms with Crippen LogP contribution in [0.3, 0.4) is 0 Å². The molecule has 2 heterocycles. The molecule has 1 aliphatic carbocycles. The minimum Gasteiger partial charge on any atom is -0.341 e. The van der Waals surface area contributed by atoms with Gasteiger partial charge in [-0.05, 0) is 38.5 Å². The lowest BCUT2D eigenvalue weighted by atomic mass is 9.96. The Morgan fingerprint density at radius 1 is 1.29 bits per heavy atom. The Kier molecular flexibility index (Phi) is 4.00. The number of urea groups is 1. The number of carbonyl (C=O) groups excluding carboxylic acids is 3. The molecule has 2 saturated heterocycles. The first kappa shape index (κ1) is 17.0. The van der Waals surface area contributed by atoms with Crippen molar-refractivity contribution in [1.29, 1.82) is 0 Å². The highest BCUT2D eigenvalue weighted by atomic mass is 19.4. The third-order valence-electron chi connectivity index (χ3n) is 5.23. The summed E-state index contributed by atoms with van der Waals surface area (Å²) in [6.07, 6.45) is -2.41. The molecule has 1 N–H and O–H groups in total. The molecular formula is C15H20F3N3O3. The number of hydrogen-bond acceptors (Lipinski definition) is 3. The summed E-state index contributed by atoms with van der Waals surface area (Å²) in [6.45, 7) is 0.939. The number of imide groups is 1. The maximum absolute atomic E-state index is 12.8. The molecule has 0 spiro atoms. The lowest BCUT2D eigenvalue weighted by Crippen LogP contribution is -2.50. The third-order valence-corrected chi connectivity index (χ3v) is 5.23. The van der Waals surface area contributed by atoms with Gasteiger partial charge in [0.1, 0.15) is 12.1 Å². The highest BCUT2D eigenvalue weighted by molar-refractivity contribution is 6.09. The Morgan fingerprint density at radius 2 is 1.96 bits per heavy atom. The summed E-state index contributed by atoms with van der Waals surface area (Å²) < 4.78 is 38.5. The monoisotopic (exact) mass is 347 g/mol. The number of hydrogen-bond donors (Lipinski definition) is 1. The van der Waals surface area contributed by atoms with Crippen LogP contribution in [0.4, 0.5) is 18.0 Å². The van der Waals surface area contributed by atoms with Crippen molar-refractivity contribution in [1.82, 2.24) is 15.1 Å². The summed E-state index contributed by atoms with van der Waals surface area (Å²) in [5.74, 6) is -2.56. The lowest BCUT2D eigenvalue weighted by Gasteiger charge is -2.34. The number of nitrogens with one attached hydrogen (secondary N) is 1. The highest BCUT2D eigenvalue weighted by Gasteiger charge is 2.56. The second-order valence-corrected chi connectivity index (χ2v) is 7.02. The average molecular weight is 347 g/mol. The van der Waals surface area contributed by atoms with Gasteiger partial charge in [0.05, 0.1) is 5.92 Å². The van der Waals surface area contributed by atoms with Crippen LogP contribution in [0.2, 0.25) is 0 Å². The molecule has 0 unspecified atom stereocenters. The molecule has 0 aromatic carbocycles. The standard InChI is InChI=1S/C15H20F3N3O3/c1-14(9-4-5-9)12(23)21(13(24)19-14)8-11(22)20-6-2-3-10(7-20)15(16,17)18/h9-10H,2-8H2,1H3,(H,19,24)/t10-,14+/m0/s1. The van der Waals surface area contributed by atoms with Crippen LogP contribution in [0.25, 0.3) is 0 Å². The molecule has 2 aliphatic heterocycles. The van der Waals surface area contributed by atoms with Crippen molar-refractivity contribution in [3.63, 3.8) is 0 Å². The van der Waals surface area contributed by atoms with Gasteiger partial charge in [0.2, 0.25) is 5.91 Å². The molecule has 2 atom stereocenters. The molecule has 24 heavy (non-hydrogen) atoms. The number of halogens is 3. The molecule has 1 saturated carbocycles. The third kappa shape index (κ3) is 2.95. The summed E-state index contributed by atoms with van der Waals surface area (Å²) in [5, 5.41) is 2.62. The zero-order chi connectivity index (χ0) is 17.7. The van der Waals surface area contributed by atoms with Crippen molar-refractivity contribution < 1.29 is 27.6 Å². The first-order valence-corrected chi connectivity index (χ1v) is 8.11. The molecule has 134 valence electrons. The quantitative estimate of drug-likeness (QED) is 0.787. The highest BCUT2D eigenvalue weighted by Crippen LogP contribution is 2.42. The smallest absolute Gasteiger partial charge is 0.341 e. The molecule has 4 amide bonds. The lowest BCUT2D eigenvalue weighted by molar-refractivity contribution is -0.188. The molecule has 3 fully saturated rings. The van der Waals surface area contributed by atoms with E-state index in [-0.39, 0.29) is 25.3 Å². The molecule has 0 bridgehead atoms. The summed E-state index contributed by atoms with van der Waals surface area (Å²) in [7, 11) is 0. The summed E-state index contributed by atoms with van der Waals surface area (Å²) in [6, 6.07) is -0.646. The Labute approximate surface area is 137 Å². The number of piperidine rings is 1. The minimum atomic E-state index is -4.34. The van der Waals surface area contributed by atoms with E-state index >= 15 is 0 Å². The summed E-state index contributed by atoms with van der Waals surface area (Å²) in [5.41, 5.74) is -0.992. The first-order chi connectivity index (χ1) is 11.1. The van der Waals surface area contributed by atoms with Gasteiger partial charge < -0.3 is 10.2 Å². The van der Waals surface area contributed by atoms with Crippen molar-refractivity contribution in [3.8, 4) is 0 Å². The van der Waals surface area contributed by atoms with Crippen LogP contribution in [0.1, 0.15) is 32.6 Å². The van der Waals surface area contributed by atoms with Gasteiger partial charge in [0, 0.05) is 13.1 Å². The number of rotatable bonds is 3. The summed E-state index contributed by atoms with van der Waals surface area (Å²) >= 11 is 0. The number of alkyl halides is 3. The van der Waals surface area contributed by atoms with E-state index in [1.54, 1.807) is 6.92 Å². The van der Waals surface area contributed by atoms with E-state index in [9.17, 15) is 27.6 Å². The molecule has 0 radical (unpaired) electrons. The van der Waals surface area contributed by atoms with E-state index in [4.69, 9.17) is 0 Å². The van der Waals surface area contributed by atoms with Gasteiger partial charge >= 0.3 is 12.2 Å². The van der Waals surface area contributed by atoms with Gasteiger partial charge in [0.15, 0.2) is 0 Å². The predicted octanol–water partition coefficient (Wildman–Crippen LogP) is 1.51. The van der Waals surface area contributed by atoms with Crippen molar-refractivity contribution in [2.24, 2.45) is 11.8 Å². The minimum absolute atomic E-state index is 0.00381. The van der Waals surface area contributed by atoms with E-state index in [0.717, 1.165) is 22.6 Å². The van der Waals surface area contributed by atoms with E-state index in [1.165, 1.54) is 0 Å². The number of likely N-dealkylation sites (tertiary alicyclic amines) is 1. The zero-order valence-electron chi connectivity index (χ0n) is 13.4. The van der Waals surface area contributed by atoms with Crippen molar-refractivity contribution in [3.05, 3.63) is 0 Å². The molecule has 0 aromatic heterocycles. The SMILES string of the molecule is C[C@]1(C2CC2)NC(=O)N(CC(=O)N2CCC[C@H](C(F)(F)F)C2)C1=O. The van der Waals surface area contributed by atoms with Crippen LogP contribution in [-0.4, -0.2) is 59.0 Å². The average Bonchev–Trinajstić information content (AvgIpc) is 3.33. The molecule has 0 aromatic rings. The van der Waals surface area contributed by atoms with Gasteiger partial charge in [-0.25, -0.2) is 4.79 Å². The topological polar surface area (TPSA) is 69.7 Å². The fourth-order valence-electron chi connectivity index (χ4n) is 3.50. The molecule has 9 heteroatoms. The Hall–Kier alpha value is -1.80. The molecule has 3 rings (SSSR count). The Bertz CT molecular complexity index is 576. The van der Waals surface area contributed by atoms with Crippen LogP contribution >= 0.6 is 0 Å². The second-order valence-electron chi connectivity index (χ2n) is 7.02. The van der Waals surface area contributed by atoms with E-state index < -0.39 is 48.6 Å². The van der Waals surface area contributed by atoms with Crippen LogP contribution < -0.4 is 5.32 Å². The van der Waals surface area contributed by atoms with Crippen molar-refractivity contribution in [2.45, 2.75) is 44.3 Å². The number of nitrogens with zero attached hydrogens (tertiary/aromatic N) is 2. The first-order valence-electron chi connectivity index (χ1n) is 8.11. The van der Waals surface area contributed by atoms with E-state index in [2.05, 4.69) is 5.32 Å². The second kappa shape index (κ2) is 5.63. The predicted molar refractivity (Wildman–Crippen MR) is 76.7 cm³/mol. The van der Waals surface area contributed by atoms with Crippen LogP contribution in [0.5, 0.6) is 0 Å². The largest absolute Gasteiger partial charge is 0.393 e. The number of amides is 4. The van der Waals surface area contributed by atoms with Crippen LogP contribution in [0.15, 0.2) is 0 Å². The maximum atomic E-state index is 12.8. The Balaban J connectivity index is 1.64. The van der Waals surface area contributed by atoms with E-state index in [1.807, 2.05) is 0 Å². The zero-order valence-corrected chi connectivity index (χ0v) is 13.4.